The normalized spacial score (nSPS) is 18.8. The third-order valence-electron chi connectivity index (χ3n) is 5.65. The summed E-state index contributed by atoms with van der Waals surface area (Å²) in [7, 11) is 0. The van der Waals surface area contributed by atoms with Gasteiger partial charge in [0.15, 0.2) is 0 Å². The molecule has 0 atom stereocenters. The molecule has 1 N–H and O–H groups in total. The Morgan fingerprint density at radius 2 is 1.86 bits per heavy atom. The Morgan fingerprint density at radius 1 is 1.17 bits per heavy atom. The van der Waals surface area contributed by atoms with E-state index in [1.165, 1.54) is 0 Å². The Morgan fingerprint density at radius 3 is 2.48 bits per heavy atom. The van der Waals surface area contributed by atoms with Crippen molar-refractivity contribution in [2.45, 2.75) is 38.3 Å². The highest BCUT2D eigenvalue weighted by atomic mass is 16.5. The molecule has 0 radical (unpaired) electrons. The van der Waals surface area contributed by atoms with Crippen LogP contribution in [-0.2, 0) is 20.9 Å². The number of hydrogen-bond donors (Lipinski definition) is 1. The van der Waals surface area contributed by atoms with Gasteiger partial charge in [0.1, 0.15) is 12.1 Å². The van der Waals surface area contributed by atoms with Crippen LogP contribution in [0.3, 0.4) is 0 Å². The molecule has 0 saturated carbocycles. The number of benzene rings is 1. The molecule has 0 unspecified atom stereocenters. The van der Waals surface area contributed by atoms with E-state index in [1.807, 2.05) is 37.3 Å². The maximum absolute atomic E-state index is 13.2. The van der Waals surface area contributed by atoms with Crippen LogP contribution in [0.5, 0.6) is 0 Å². The Labute approximate surface area is 171 Å². The lowest BCUT2D eigenvalue weighted by Gasteiger charge is -2.42. The van der Waals surface area contributed by atoms with Crippen molar-refractivity contribution in [3.63, 3.8) is 0 Å². The highest BCUT2D eigenvalue weighted by Crippen LogP contribution is 2.38. The summed E-state index contributed by atoms with van der Waals surface area (Å²) in [6, 6.07) is 9.16. The average Bonchev–Trinajstić information content (AvgIpc) is 2.92. The summed E-state index contributed by atoms with van der Waals surface area (Å²) in [5.41, 5.74) is -0.0336. The number of likely N-dealkylation sites (tertiary alicyclic amines) is 1. The first-order chi connectivity index (χ1) is 14.0. The van der Waals surface area contributed by atoms with Crippen LogP contribution in [0.15, 0.2) is 30.3 Å². The fraction of sp³-hybridized carbons (Fsp3) is 0.571. The summed E-state index contributed by atoms with van der Waals surface area (Å²) in [6.07, 6.45) is 1.61. The molecule has 2 aliphatic heterocycles. The van der Waals surface area contributed by atoms with E-state index >= 15 is 0 Å². The maximum atomic E-state index is 13.2. The van der Waals surface area contributed by atoms with Crippen molar-refractivity contribution < 1.29 is 24.2 Å². The Hall–Kier alpha value is -2.45. The van der Waals surface area contributed by atoms with Gasteiger partial charge in [0.25, 0.3) is 5.91 Å². The van der Waals surface area contributed by atoms with Crippen molar-refractivity contribution in [3.8, 4) is 0 Å². The minimum absolute atomic E-state index is 0.0157. The van der Waals surface area contributed by atoms with E-state index in [0.717, 1.165) is 16.9 Å². The monoisotopic (exact) mass is 403 g/mol. The molecule has 2 heterocycles. The number of hydrogen-bond acceptors (Lipinski definition) is 5. The first-order valence-corrected chi connectivity index (χ1v) is 10.2. The van der Waals surface area contributed by atoms with Crippen LogP contribution in [-0.4, -0.2) is 82.6 Å². The van der Waals surface area contributed by atoms with Gasteiger partial charge in [-0.15, -0.1) is 0 Å². The van der Waals surface area contributed by atoms with Gasteiger partial charge in [0, 0.05) is 26.2 Å². The molecule has 1 aromatic rings. The number of aliphatic hydroxyl groups is 1. The minimum atomic E-state index is -0.969. The first kappa shape index (κ1) is 21.3. The van der Waals surface area contributed by atoms with Crippen molar-refractivity contribution in [1.82, 2.24) is 14.7 Å². The summed E-state index contributed by atoms with van der Waals surface area (Å²) in [6.45, 7) is 3.38. The van der Waals surface area contributed by atoms with Gasteiger partial charge in [-0.1, -0.05) is 37.3 Å². The van der Waals surface area contributed by atoms with Gasteiger partial charge in [-0.05, 0) is 24.8 Å². The predicted molar refractivity (Wildman–Crippen MR) is 106 cm³/mol. The molecule has 0 bridgehead atoms. The average molecular weight is 403 g/mol. The molecule has 0 aliphatic carbocycles. The number of rotatable bonds is 8. The van der Waals surface area contributed by atoms with Crippen LogP contribution < -0.4 is 0 Å². The molecule has 2 fully saturated rings. The van der Waals surface area contributed by atoms with E-state index in [0.29, 0.717) is 39.1 Å². The number of aliphatic hydroxyl groups excluding tert-OH is 1. The predicted octanol–water partition coefficient (Wildman–Crippen LogP) is 1.23. The lowest BCUT2D eigenvalue weighted by atomic mass is 9.85. The van der Waals surface area contributed by atoms with E-state index < -0.39 is 5.54 Å². The summed E-state index contributed by atoms with van der Waals surface area (Å²) in [5.74, 6) is -0.367. The summed E-state index contributed by atoms with van der Waals surface area (Å²) < 4.78 is 5.34. The number of ether oxygens (including phenoxy) is 1. The second-order valence-electron chi connectivity index (χ2n) is 7.50. The van der Waals surface area contributed by atoms with Gasteiger partial charge in [0.2, 0.25) is 5.91 Å². The van der Waals surface area contributed by atoms with Crippen LogP contribution in [0.4, 0.5) is 4.79 Å². The largest absolute Gasteiger partial charge is 0.395 e. The number of amides is 4. The molecule has 2 saturated heterocycles. The quantitative estimate of drug-likeness (QED) is 0.521. The van der Waals surface area contributed by atoms with Gasteiger partial charge < -0.3 is 19.6 Å². The zero-order valence-corrected chi connectivity index (χ0v) is 16.9. The number of carbonyl (C=O) groups excluding carboxylic acids is 3. The van der Waals surface area contributed by atoms with Gasteiger partial charge in [-0.2, -0.15) is 0 Å². The van der Waals surface area contributed by atoms with Crippen molar-refractivity contribution >= 4 is 17.8 Å². The smallest absolute Gasteiger partial charge is 0.328 e. The standard InChI is InChI=1S/C21H29N3O5/c1-2-14-29-16-18(26)22-10-8-21(9-11-22)19(27)23(12-13-25)20(28)24(21)15-17-6-4-3-5-7-17/h3-7,25H,2,8-16H2,1H3. The SMILES string of the molecule is CCCOCC(=O)N1CCC2(CC1)C(=O)N(CCO)C(=O)N2Cc1ccccc1. The van der Waals surface area contributed by atoms with Gasteiger partial charge in [0.05, 0.1) is 13.2 Å². The summed E-state index contributed by atoms with van der Waals surface area (Å²) in [5, 5.41) is 9.31. The second-order valence-corrected chi connectivity index (χ2v) is 7.50. The highest BCUT2D eigenvalue weighted by Gasteiger charge is 2.57. The molecule has 3 rings (SSSR count). The Bertz CT molecular complexity index is 731. The summed E-state index contributed by atoms with van der Waals surface area (Å²) >= 11 is 0. The lowest BCUT2D eigenvalue weighted by Crippen LogP contribution is -2.57. The molecule has 0 aromatic heterocycles. The van der Waals surface area contributed by atoms with Crippen LogP contribution >= 0.6 is 0 Å². The van der Waals surface area contributed by atoms with Crippen LogP contribution in [0.1, 0.15) is 31.7 Å². The van der Waals surface area contributed by atoms with Gasteiger partial charge >= 0.3 is 6.03 Å². The number of nitrogens with zero attached hydrogens (tertiary/aromatic N) is 3. The first-order valence-electron chi connectivity index (χ1n) is 10.2. The molecule has 8 heteroatoms. The zero-order chi connectivity index (χ0) is 20.9. The Balaban J connectivity index is 1.76. The van der Waals surface area contributed by atoms with Gasteiger partial charge in [-0.25, -0.2) is 4.79 Å². The van der Waals surface area contributed by atoms with E-state index in [9.17, 15) is 19.5 Å². The number of carbonyl (C=O) groups is 3. The van der Waals surface area contributed by atoms with Crippen molar-refractivity contribution in [2.75, 3.05) is 39.5 Å². The molecule has 4 amide bonds. The highest BCUT2D eigenvalue weighted by molar-refractivity contribution is 6.07. The number of piperidine rings is 1. The van der Waals surface area contributed by atoms with E-state index in [2.05, 4.69) is 0 Å². The molecule has 1 spiro atoms. The number of imide groups is 1. The van der Waals surface area contributed by atoms with Crippen molar-refractivity contribution in [2.24, 2.45) is 0 Å². The van der Waals surface area contributed by atoms with Crippen molar-refractivity contribution in [1.29, 1.82) is 0 Å². The minimum Gasteiger partial charge on any atom is -0.395 e. The fourth-order valence-electron chi connectivity index (χ4n) is 4.07. The third kappa shape index (κ3) is 4.28. The van der Waals surface area contributed by atoms with Crippen molar-refractivity contribution in [3.05, 3.63) is 35.9 Å². The zero-order valence-electron chi connectivity index (χ0n) is 16.9. The fourth-order valence-corrected chi connectivity index (χ4v) is 4.07. The lowest BCUT2D eigenvalue weighted by molar-refractivity contribution is -0.143. The molecular weight excluding hydrogens is 374 g/mol. The molecule has 158 valence electrons. The molecular formula is C21H29N3O5. The maximum Gasteiger partial charge on any atom is 0.328 e. The number of β-amino-alcohol motifs (C(OH)–C–C–N with tert-alkyl or cyclic N) is 1. The topological polar surface area (TPSA) is 90.4 Å². The third-order valence-corrected chi connectivity index (χ3v) is 5.65. The molecule has 29 heavy (non-hydrogen) atoms. The summed E-state index contributed by atoms with van der Waals surface area (Å²) in [4.78, 5) is 43.0. The molecule has 1 aromatic carbocycles. The number of urea groups is 1. The molecule has 8 nitrogen and oxygen atoms in total. The molecule has 2 aliphatic rings. The van der Waals surface area contributed by atoms with Crippen LogP contribution in [0.2, 0.25) is 0 Å². The van der Waals surface area contributed by atoms with E-state index in [1.54, 1.807) is 9.80 Å². The van der Waals surface area contributed by atoms with Crippen LogP contribution in [0.25, 0.3) is 0 Å². The van der Waals surface area contributed by atoms with Gasteiger partial charge in [-0.3, -0.25) is 14.5 Å². The Kier molecular flexibility index (Phi) is 6.87. The van der Waals surface area contributed by atoms with Crippen LogP contribution in [0, 0.1) is 0 Å². The van der Waals surface area contributed by atoms with E-state index in [4.69, 9.17) is 4.74 Å². The second kappa shape index (κ2) is 9.37. The van der Waals surface area contributed by atoms with E-state index in [-0.39, 0.29) is 37.6 Å².